The second-order valence-electron chi connectivity index (χ2n) is 7.99. The molecule has 4 rings (SSSR count). The second-order valence-corrected chi connectivity index (χ2v) is 7.99. The number of benzene rings is 2. The first kappa shape index (κ1) is 19.4. The second kappa shape index (κ2) is 8.64. The molecule has 2 heterocycles. The average Bonchev–Trinajstić information content (AvgIpc) is 3.22. The Morgan fingerprint density at radius 3 is 2.79 bits per heavy atom. The highest BCUT2D eigenvalue weighted by molar-refractivity contribution is 5.94. The summed E-state index contributed by atoms with van der Waals surface area (Å²) in [6, 6.07) is 15.7. The minimum absolute atomic E-state index is 0.0234. The van der Waals surface area contributed by atoms with Crippen LogP contribution < -0.4 is 19.9 Å². The molecule has 2 aromatic rings. The van der Waals surface area contributed by atoms with Crippen LogP contribution in [-0.4, -0.2) is 44.7 Å². The Balaban J connectivity index is 1.29. The van der Waals surface area contributed by atoms with E-state index in [1.807, 2.05) is 13.0 Å². The van der Waals surface area contributed by atoms with Crippen molar-refractivity contribution >= 4 is 11.6 Å². The number of hydrogen-bond donors (Lipinski definition) is 3. The molecule has 0 spiro atoms. The molecule has 1 atom stereocenters. The number of anilines is 1. The van der Waals surface area contributed by atoms with Crippen LogP contribution in [0.5, 0.6) is 5.75 Å². The van der Waals surface area contributed by atoms with Crippen molar-refractivity contribution in [1.29, 1.82) is 5.26 Å². The molecule has 29 heavy (non-hydrogen) atoms. The van der Waals surface area contributed by atoms with Crippen LogP contribution in [0.4, 0.5) is 5.69 Å². The van der Waals surface area contributed by atoms with E-state index in [0.717, 1.165) is 51.5 Å². The van der Waals surface area contributed by atoms with E-state index in [1.54, 1.807) is 23.1 Å². The summed E-state index contributed by atoms with van der Waals surface area (Å²) in [5.41, 5.74) is 3.79. The monoisotopic (exact) mass is 392 g/mol. The molecule has 1 saturated heterocycles. The lowest BCUT2D eigenvalue weighted by Gasteiger charge is -2.32. The Kier molecular flexibility index (Phi) is 5.79. The molecule has 0 aromatic heterocycles. The number of rotatable bonds is 5. The normalized spacial score (nSPS) is 21.5. The first-order chi connectivity index (χ1) is 14.1. The van der Waals surface area contributed by atoms with Crippen molar-refractivity contribution < 1.29 is 19.3 Å². The van der Waals surface area contributed by atoms with Gasteiger partial charge in [-0.25, -0.2) is 0 Å². The Morgan fingerprint density at radius 1 is 1.21 bits per heavy atom. The fourth-order valence-corrected chi connectivity index (χ4v) is 4.29. The summed E-state index contributed by atoms with van der Waals surface area (Å²) >= 11 is 0. The Hall–Kier alpha value is -2.88. The highest BCUT2D eigenvalue weighted by Crippen LogP contribution is 2.25. The lowest BCUT2D eigenvalue weighted by atomic mass is 10.1. The lowest BCUT2D eigenvalue weighted by molar-refractivity contribution is -1.02. The van der Waals surface area contributed by atoms with Crippen LogP contribution in [-0.2, 0) is 17.8 Å². The molecule has 1 amide bonds. The van der Waals surface area contributed by atoms with Crippen LogP contribution in [0, 0.1) is 11.3 Å². The summed E-state index contributed by atoms with van der Waals surface area (Å²) in [5, 5.41) is 12.1. The maximum atomic E-state index is 12.7. The molecular weight excluding hydrogens is 364 g/mol. The average molecular weight is 393 g/mol. The smallest absolute Gasteiger partial charge is 0.282 e. The summed E-state index contributed by atoms with van der Waals surface area (Å²) in [4.78, 5) is 15.6. The number of carbonyl (C=O) groups is 1. The number of ether oxygens (including phenoxy) is 1. The summed E-state index contributed by atoms with van der Waals surface area (Å²) in [6.07, 6.45) is 1.01. The number of para-hydroxylation sites is 1. The molecule has 0 saturated carbocycles. The van der Waals surface area contributed by atoms with Gasteiger partial charge in [-0.15, -0.1) is 0 Å². The van der Waals surface area contributed by atoms with Crippen LogP contribution in [0.15, 0.2) is 42.5 Å². The van der Waals surface area contributed by atoms with Crippen molar-refractivity contribution in [3.8, 4) is 11.8 Å². The summed E-state index contributed by atoms with van der Waals surface area (Å²) in [5.74, 6) is 1.01. The van der Waals surface area contributed by atoms with Gasteiger partial charge in [-0.2, -0.15) is 5.26 Å². The summed E-state index contributed by atoms with van der Waals surface area (Å²) in [7, 11) is 0. The molecule has 6 heteroatoms. The van der Waals surface area contributed by atoms with E-state index in [-0.39, 0.29) is 11.9 Å². The van der Waals surface area contributed by atoms with E-state index in [2.05, 4.69) is 29.6 Å². The molecule has 1 fully saturated rings. The predicted molar refractivity (Wildman–Crippen MR) is 110 cm³/mol. The van der Waals surface area contributed by atoms with E-state index in [9.17, 15) is 10.1 Å². The Labute approximate surface area is 171 Å². The van der Waals surface area contributed by atoms with Crippen LogP contribution in [0.25, 0.3) is 0 Å². The first-order valence-electron chi connectivity index (χ1n) is 10.4. The van der Waals surface area contributed by atoms with Gasteiger partial charge in [-0.3, -0.25) is 4.79 Å². The van der Waals surface area contributed by atoms with Crippen molar-refractivity contribution in [3.63, 3.8) is 0 Å². The van der Waals surface area contributed by atoms with Crippen molar-refractivity contribution in [2.75, 3.05) is 38.1 Å². The standard InChI is InChI=1S/C23H26N4O2/c1-17(23(28)25-21-5-3-2-4-20(21)15-24)27-11-9-26(10-12-27)16-18-6-7-22-19(14-18)8-13-29-22/h2-7,14,17H,8-13,16H2,1H3,(H,25,28)/p+2/t17-/m1/s1. The van der Waals surface area contributed by atoms with Gasteiger partial charge >= 0.3 is 0 Å². The van der Waals surface area contributed by atoms with Crippen molar-refractivity contribution in [3.05, 3.63) is 59.2 Å². The van der Waals surface area contributed by atoms with Gasteiger partial charge in [0.05, 0.1) is 17.9 Å². The quantitative estimate of drug-likeness (QED) is 0.660. The molecule has 0 radical (unpaired) electrons. The molecule has 0 unspecified atom stereocenters. The molecule has 6 nitrogen and oxygen atoms in total. The number of carbonyl (C=O) groups excluding carboxylic acids is 1. The number of quaternary nitrogens is 2. The van der Waals surface area contributed by atoms with E-state index < -0.39 is 0 Å². The predicted octanol–water partition coefficient (Wildman–Crippen LogP) is -0.196. The van der Waals surface area contributed by atoms with Gasteiger partial charge in [0.15, 0.2) is 6.04 Å². The maximum absolute atomic E-state index is 12.7. The van der Waals surface area contributed by atoms with Gasteiger partial charge in [-0.1, -0.05) is 12.1 Å². The fraction of sp³-hybridized carbons (Fsp3) is 0.391. The third-order valence-electron chi connectivity index (χ3n) is 6.12. The van der Waals surface area contributed by atoms with Gasteiger partial charge in [0.25, 0.3) is 5.91 Å². The number of nitrogens with zero attached hydrogens (tertiary/aromatic N) is 1. The lowest BCUT2D eigenvalue weighted by Crippen LogP contribution is -3.29. The van der Waals surface area contributed by atoms with E-state index in [1.165, 1.54) is 16.0 Å². The zero-order valence-electron chi connectivity index (χ0n) is 16.8. The first-order valence-corrected chi connectivity index (χ1v) is 10.4. The minimum Gasteiger partial charge on any atom is -0.493 e. The SMILES string of the molecule is C[C@H](C(=O)Nc1ccccc1C#N)[NH+]1CC[NH+](Cc2ccc3c(c2)CCO3)CC1. The van der Waals surface area contributed by atoms with Crippen LogP contribution in [0.2, 0.25) is 0 Å². The Morgan fingerprint density at radius 2 is 2.00 bits per heavy atom. The molecule has 150 valence electrons. The number of fused-ring (bicyclic) bond motifs is 1. The largest absolute Gasteiger partial charge is 0.493 e. The minimum atomic E-state index is -0.138. The molecule has 3 N–H and O–H groups in total. The van der Waals surface area contributed by atoms with Crippen molar-refractivity contribution in [2.45, 2.75) is 25.9 Å². The van der Waals surface area contributed by atoms with Crippen LogP contribution in [0.3, 0.4) is 0 Å². The van der Waals surface area contributed by atoms with Crippen molar-refractivity contribution in [1.82, 2.24) is 0 Å². The van der Waals surface area contributed by atoms with Crippen LogP contribution >= 0.6 is 0 Å². The van der Waals surface area contributed by atoms with E-state index in [0.29, 0.717) is 11.3 Å². The number of amides is 1. The van der Waals surface area contributed by atoms with Gasteiger partial charge in [0.2, 0.25) is 0 Å². The molecule has 0 bridgehead atoms. The van der Waals surface area contributed by atoms with Gasteiger partial charge in [-0.05, 0) is 42.8 Å². The number of nitriles is 1. The molecular formula is C23H28N4O2+2. The molecule has 2 aromatic carbocycles. The number of nitrogens with one attached hydrogen (secondary N) is 3. The number of hydrogen-bond acceptors (Lipinski definition) is 3. The molecule has 2 aliphatic heterocycles. The van der Waals surface area contributed by atoms with Gasteiger partial charge in [0.1, 0.15) is 44.5 Å². The zero-order valence-corrected chi connectivity index (χ0v) is 16.8. The molecule has 0 aliphatic carbocycles. The topological polar surface area (TPSA) is 71.0 Å². The maximum Gasteiger partial charge on any atom is 0.282 e. The summed E-state index contributed by atoms with van der Waals surface area (Å²) < 4.78 is 5.60. The fourth-order valence-electron chi connectivity index (χ4n) is 4.29. The highest BCUT2D eigenvalue weighted by Gasteiger charge is 2.31. The van der Waals surface area contributed by atoms with E-state index in [4.69, 9.17) is 4.74 Å². The third kappa shape index (κ3) is 4.42. The third-order valence-corrected chi connectivity index (χ3v) is 6.12. The summed E-state index contributed by atoms with van der Waals surface area (Å²) in [6.45, 7) is 7.84. The molecule has 2 aliphatic rings. The number of piperazine rings is 1. The van der Waals surface area contributed by atoms with E-state index >= 15 is 0 Å². The van der Waals surface area contributed by atoms with Gasteiger partial charge in [0, 0.05) is 12.0 Å². The van der Waals surface area contributed by atoms with Crippen LogP contribution in [0.1, 0.15) is 23.6 Å². The zero-order chi connectivity index (χ0) is 20.2. The van der Waals surface area contributed by atoms with Gasteiger partial charge < -0.3 is 19.9 Å². The van der Waals surface area contributed by atoms with Crippen molar-refractivity contribution in [2.24, 2.45) is 0 Å². The highest BCUT2D eigenvalue weighted by atomic mass is 16.5. The Bertz CT molecular complexity index is 929.